The van der Waals surface area contributed by atoms with Gasteiger partial charge in [0.1, 0.15) is 11.5 Å². The number of carbonyl (C=O) groups is 1. The molecule has 142 valence electrons. The number of carbonyl (C=O) groups excluding carboxylic acids is 1. The van der Waals surface area contributed by atoms with Crippen LogP contribution in [0.5, 0.6) is 0 Å². The first-order valence-corrected chi connectivity index (χ1v) is 9.80. The summed E-state index contributed by atoms with van der Waals surface area (Å²) in [4.78, 5) is 13.4. The van der Waals surface area contributed by atoms with E-state index in [-0.39, 0.29) is 23.0 Å². The normalized spacial score (nSPS) is 64.0. The smallest absolute Gasteiger partial charge is 0.211 e. The molecule has 8 fully saturated rings. The molecule has 4 heterocycles. The fourth-order valence-corrected chi connectivity index (χ4v) is 8.38. The highest BCUT2D eigenvalue weighted by Crippen LogP contribution is 2.81. The highest BCUT2D eigenvalue weighted by molar-refractivity contribution is 6.05. The molecule has 4 aliphatic heterocycles. The maximum absolute atomic E-state index is 13.4. The Morgan fingerprint density at radius 3 is 2.65 bits per heavy atom. The van der Waals surface area contributed by atoms with Gasteiger partial charge in [0.25, 0.3) is 0 Å². The van der Waals surface area contributed by atoms with Crippen LogP contribution < -0.4 is 0 Å². The monoisotopic (exact) mass is 362 g/mol. The first kappa shape index (κ1) is 16.2. The van der Waals surface area contributed by atoms with Gasteiger partial charge in [-0.2, -0.15) is 0 Å². The fourth-order valence-electron chi connectivity index (χ4n) is 8.38. The third-order valence-electron chi connectivity index (χ3n) is 9.14. The van der Waals surface area contributed by atoms with Crippen LogP contribution in [-0.2, 0) is 14.3 Å². The van der Waals surface area contributed by atoms with Crippen molar-refractivity contribution in [2.45, 2.75) is 69.9 Å². The number of hydrogen-bond acceptors (Lipinski definition) is 6. The molecule has 8 aliphatic rings. The molecule has 2 unspecified atom stereocenters. The van der Waals surface area contributed by atoms with Crippen molar-refractivity contribution in [3.8, 4) is 0 Å². The van der Waals surface area contributed by atoms with Crippen molar-refractivity contribution in [2.24, 2.45) is 34.0 Å². The molecule has 8 rings (SSSR count). The summed E-state index contributed by atoms with van der Waals surface area (Å²) in [5.74, 6) is -2.99. The van der Waals surface area contributed by atoms with Crippen molar-refractivity contribution < 1.29 is 29.6 Å². The summed E-state index contributed by atoms with van der Waals surface area (Å²) in [7, 11) is 0. The molecule has 0 aromatic rings. The maximum Gasteiger partial charge on any atom is 0.211 e. The van der Waals surface area contributed by atoms with Gasteiger partial charge in [-0.25, -0.2) is 0 Å². The summed E-state index contributed by atoms with van der Waals surface area (Å²) in [5.41, 5.74) is -2.03. The van der Waals surface area contributed by atoms with Crippen LogP contribution in [0.1, 0.15) is 39.5 Å². The van der Waals surface area contributed by atoms with Gasteiger partial charge < -0.3 is 24.8 Å². The van der Waals surface area contributed by atoms with E-state index in [2.05, 4.69) is 20.4 Å². The number of rotatable bonds is 0. The Labute approximate surface area is 152 Å². The largest absolute Gasteiger partial charge is 0.392 e. The Bertz CT molecular complexity index is 761. The number of Topliss-reactive ketones (excluding diaryl/α,β-unsaturated/α-hetero) is 1. The minimum Gasteiger partial charge on any atom is -0.392 e. The van der Waals surface area contributed by atoms with Gasteiger partial charge in [0.15, 0.2) is 12.1 Å². The Morgan fingerprint density at radius 2 is 1.92 bits per heavy atom. The van der Waals surface area contributed by atoms with E-state index in [1.807, 2.05) is 0 Å². The first-order valence-electron chi connectivity index (χ1n) is 9.80. The average Bonchev–Trinajstić information content (AvgIpc) is 2.71. The van der Waals surface area contributed by atoms with E-state index in [1.165, 1.54) is 0 Å². The lowest BCUT2D eigenvalue weighted by molar-refractivity contribution is -0.556. The van der Waals surface area contributed by atoms with Crippen molar-refractivity contribution in [1.82, 2.24) is 0 Å². The molecule has 7 bridgehead atoms. The molecule has 0 aromatic heterocycles. The zero-order chi connectivity index (χ0) is 18.4. The average molecular weight is 362 g/mol. The second-order valence-electron chi connectivity index (χ2n) is 10.1. The number of aliphatic hydroxyl groups is 3. The molecular formula is C20H26O6. The molecule has 6 heteroatoms. The van der Waals surface area contributed by atoms with Crippen LogP contribution in [-0.4, -0.2) is 51.5 Å². The maximum atomic E-state index is 13.4. The molecule has 2 spiro atoms. The van der Waals surface area contributed by atoms with Crippen LogP contribution in [0.2, 0.25) is 0 Å². The minimum absolute atomic E-state index is 0.133. The highest BCUT2D eigenvalue weighted by atomic mass is 16.8. The molecule has 3 N–H and O–H groups in total. The fraction of sp³-hybridized carbons (Fsp3) is 0.850. The quantitative estimate of drug-likeness (QED) is 0.550. The molecule has 4 aliphatic carbocycles. The van der Waals surface area contributed by atoms with E-state index in [9.17, 15) is 20.1 Å². The van der Waals surface area contributed by atoms with Crippen LogP contribution in [0, 0.1) is 34.0 Å². The van der Waals surface area contributed by atoms with Gasteiger partial charge >= 0.3 is 0 Å². The summed E-state index contributed by atoms with van der Waals surface area (Å²) in [6, 6.07) is 0. The number of ether oxygens (including phenoxy) is 2. The lowest BCUT2D eigenvalue weighted by atomic mass is 9.34. The van der Waals surface area contributed by atoms with Crippen molar-refractivity contribution in [1.29, 1.82) is 0 Å². The van der Waals surface area contributed by atoms with Crippen LogP contribution in [0.3, 0.4) is 0 Å². The molecule has 4 saturated carbocycles. The summed E-state index contributed by atoms with van der Waals surface area (Å²) in [6.07, 6.45) is -0.473. The van der Waals surface area contributed by atoms with Crippen LogP contribution in [0.25, 0.3) is 0 Å². The van der Waals surface area contributed by atoms with Crippen molar-refractivity contribution >= 4 is 5.78 Å². The molecular weight excluding hydrogens is 336 g/mol. The molecule has 26 heavy (non-hydrogen) atoms. The van der Waals surface area contributed by atoms with E-state index < -0.39 is 47.1 Å². The molecule has 0 aromatic carbocycles. The summed E-state index contributed by atoms with van der Waals surface area (Å²) >= 11 is 0. The minimum atomic E-state index is -1.97. The van der Waals surface area contributed by atoms with Gasteiger partial charge in [-0.1, -0.05) is 20.4 Å². The molecule has 0 amide bonds. The van der Waals surface area contributed by atoms with Crippen molar-refractivity contribution in [3.05, 3.63) is 12.2 Å². The number of hydrogen-bond donors (Lipinski definition) is 3. The third kappa shape index (κ3) is 1.19. The molecule has 10 atom stereocenters. The van der Waals surface area contributed by atoms with E-state index >= 15 is 0 Å². The van der Waals surface area contributed by atoms with E-state index in [4.69, 9.17) is 9.47 Å². The Balaban J connectivity index is 1.70. The Morgan fingerprint density at radius 1 is 1.19 bits per heavy atom. The van der Waals surface area contributed by atoms with Gasteiger partial charge in [-0.3, -0.25) is 4.79 Å². The van der Waals surface area contributed by atoms with Gasteiger partial charge in [0.05, 0.1) is 17.6 Å². The Kier molecular flexibility index (Phi) is 2.57. The van der Waals surface area contributed by atoms with Crippen molar-refractivity contribution in [3.63, 3.8) is 0 Å². The first-order chi connectivity index (χ1) is 12.1. The SMILES string of the molecule is C=C1C(=O)[C@@]23C4CC[C@@H]1[C@@H]2OC1O[C@]3(O)[C@@H](O)[C@@H]2C(C)(C)CC[C@H](O)[C@@]142. The van der Waals surface area contributed by atoms with E-state index in [0.29, 0.717) is 18.4 Å². The van der Waals surface area contributed by atoms with Crippen LogP contribution >= 0.6 is 0 Å². The van der Waals surface area contributed by atoms with E-state index in [0.717, 1.165) is 12.8 Å². The predicted molar refractivity (Wildman–Crippen MR) is 88.4 cm³/mol. The van der Waals surface area contributed by atoms with Crippen LogP contribution in [0.15, 0.2) is 12.2 Å². The van der Waals surface area contributed by atoms with Gasteiger partial charge in [0, 0.05) is 11.8 Å². The second kappa shape index (κ2) is 4.13. The van der Waals surface area contributed by atoms with Crippen LogP contribution in [0.4, 0.5) is 0 Å². The Hall–Kier alpha value is -0.790. The third-order valence-corrected chi connectivity index (χ3v) is 9.14. The van der Waals surface area contributed by atoms with Gasteiger partial charge in [0.2, 0.25) is 5.79 Å². The second-order valence-corrected chi connectivity index (χ2v) is 10.1. The standard InChI is InChI=1S/C20H26O6/c1-8-9-4-5-10-18-11(21)6-7-17(2,3)12(18)14(23)20(24)19(10,13(8)22)15(9)25-16(18)26-20/h9-12,14-16,21,23-24H,1,4-7H2,2-3H3/t9-,10?,11-,12+,14-,15-,16?,18-,19-,20+/m0/s1. The lowest BCUT2D eigenvalue weighted by Crippen LogP contribution is -2.91. The molecule has 0 radical (unpaired) electrons. The molecule has 4 saturated heterocycles. The van der Waals surface area contributed by atoms with Crippen molar-refractivity contribution in [2.75, 3.05) is 0 Å². The van der Waals surface area contributed by atoms with Gasteiger partial charge in [-0.05, 0) is 42.6 Å². The predicted octanol–water partition coefficient (Wildman–Crippen LogP) is 0.740. The zero-order valence-corrected chi connectivity index (χ0v) is 15.1. The van der Waals surface area contributed by atoms with E-state index in [1.54, 1.807) is 0 Å². The summed E-state index contributed by atoms with van der Waals surface area (Å²) < 4.78 is 12.3. The number of aliphatic hydroxyl groups excluding tert-OH is 2. The summed E-state index contributed by atoms with van der Waals surface area (Å²) in [6.45, 7) is 8.14. The molecule has 6 nitrogen and oxygen atoms in total. The highest BCUT2D eigenvalue weighted by Gasteiger charge is 2.92. The van der Waals surface area contributed by atoms with Gasteiger partial charge in [-0.15, -0.1) is 0 Å². The topological polar surface area (TPSA) is 96.2 Å². The number of ketones is 1. The zero-order valence-electron chi connectivity index (χ0n) is 15.1. The lowest BCUT2D eigenvalue weighted by Gasteiger charge is -2.79. The summed E-state index contributed by atoms with van der Waals surface area (Å²) in [5, 5.41) is 34.3.